The molecule has 0 aliphatic carbocycles. The van der Waals surface area contributed by atoms with Crippen molar-refractivity contribution in [3.05, 3.63) is 45.5 Å². The lowest BCUT2D eigenvalue weighted by Gasteiger charge is -2.06. The number of nitrogens with zero attached hydrogens (tertiary/aromatic N) is 2. The van der Waals surface area contributed by atoms with Gasteiger partial charge in [0, 0.05) is 4.47 Å². The smallest absolute Gasteiger partial charge is 0.266 e. The van der Waals surface area contributed by atoms with Crippen LogP contribution >= 0.6 is 27.3 Å². The van der Waals surface area contributed by atoms with Gasteiger partial charge in [0.25, 0.3) is 5.91 Å². The van der Waals surface area contributed by atoms with Crippen LogP contribution in [0.15, 0.2) is 35.1 Å². The van der Waals surface area contributed by atoms with Gasteiger partial charge in [0.05, 0.1) is 22.6 Å². The van der Waals surface area contributed by atoms with Crippen molar-refractivity contribution in [3.63, 3.8) is 0 Å². The highest BCUT2D eigenvalue weighted by molar-refractivity contribution is 9.10. The number of para-hydroxylation sites is 1. The van der Waals surface area contributed by atoms with E-state index in [9.17, 15) is 4.79 Å². The normalized spacial score (nSPS) is 10.7. The van der Waals surface area contributed by atoms with Crippen molar-refractivity contribution in [2.45, 2.75) is 13.8 Å². The quantitative estimate of drug-likeness (QED) is 0.714. The molecule has 0 atom stereocenters. The third-order valence-electron chi connectivity index (χ3n) is 3.30. The van der Waals surface area contributed by atoms with Crippen LogP contribution in [-0.2, 0) is 0 Å². The predicted octanol–water partition coefficient (Wildman–Crippen LogP) is 4.41. The first-order chi connectivity index (χ1) is 11.1. The molecule has 1 N–H and O–H groups in total. The molecule has 0 unspecified atom stereocenters. The van der Waals surface area contributed by atoms with E-state index in [-0.39, 0.29) is 5.91 Å². The number of anilines is 1. The fourth-order valence-electron chi connectivity index (χ4n) is 2.24. The minimum absolute atomic E-state index is 0.167. The number of rotatable bonds is 4. The van der Waals surface area contributed by atoms with Crippen molar-refractivity contribution < 1.29 is 9.53 Å². The monoisotopic (exact) mass is 391 g/mol. The SMILES string of the molecule is CCOc1ncnc2sc(C(=O)Nc3ccccc3Br)c(C)c12. The van der Waals surface area contributed by atoms with E-state index >= 15 is 0 Å². The molecular weight excluding hydrogens is 378 g/mol. The Balaban J connectivity index is 2.00. The number of hydrogen-bond donors (Lipinski definition) is 1. The molecule has 118 valence electrons. The van der Waals surface area contributed by atoms with Gasteiger partial charge in [0.15, 0.2) is 0 Å². The summed E-state index contributed by atoms with van der Waals surface area (Å²) in [7, 11) is 0. The van der Waals surface area contributed by atoms with Crippen LogP contribution in [0.2, 0.25) is 0 Å². The van der Waals surface area contributed by atoms with Gasteiger partial charge in [-0.2, -0.15) is 0 Å². The number of carbonyl (C=O) groups excluding carboxylic acids is 1. The lowest BCUT2D eigenvalue weighted by atomic mass is 10.2. The summed E-state index contributed by atoms with van der Waals surface area (Å²) in [4.78, 5) is 22.4. The van der Waals surface area contributed by atoms with Crippen LogP contribution < -0.4 is 10.1 Å². The van der Waals surface area contributed by atoms with Crippen molar-refractivity contribution >= 4 is 49.1 Å². The number of aryl methyl sites for hydroxylation is 1. The zero-order chi connectivity index (χ0) is 16.4. The fourth-order valence-corrected chi connectivity index (χ4v) is 3.66. The third-order valence-corrected chi connectivity index (χ3v) is 5.19. The number of amides is 1. The van der Waals surface area contributed by atoms with Gasteiger partial charge >= 0.3 is 0 Å². The molecule has 0 bridgehead atoms. The van der Waals surface area contributed by atoms with Crippen LogP contribution in [0.25, 0.3) is 10.2 Å². The molecule has 0 fully saturated rings. The Hall–Kier alpha value is -1.99. The van der Waals surface area contributed by atoms with Crippen LogP contribution in [0.3, 0.4) is 0 Å². The van der Waals surface area contributed by atoms with Crippen LogP contribution in [-0.4, -0.2) is 22.5 Å². The van der Waals surface area contributed by atoms with E-state index in [1.165, 1.54) is 17.7 Å². The van der Waals surface area contributed by atoms with Crippen LogP contribution in [0.1, 0.15) is 22.2 Å². The van der Waals surface area contributed by atoms with E-state index in [0.29, 0.717) is 17.4 Å². The summed E-state index contributed by atoms with van der Waals surface area (Å²) in [5, 5.41) is 3.72. The van der Waals surface area contributed by atoms with Gasteiger partial charge in [-0.15, -0.1) is 11.3 Å². The molecule has 3 aromatic rings. The lowest BCUT2D eigenvalue weighted by molar-refractivity contribution is 0.103. The van der Waals surface area contributed by atoms with Gasteiger partial charge in [-0.3, -0.25) is 4.79 Å². The topological polar surface area (TPSA) is 64.1 Å². The lowest BCUT2D eigenvalue weighted by Crippen LogP contribution is -2.11. The van der Waals surface area contributed by atoms with Crippen LogP contribution in [0.5, 0.6) is 5.88 Å². The summed E-state index contributed by atoms with van der Waals surface area (Å²) in [6.07, 6.45) is 1.46. The van der Waals surface area contributed by atoms with Gasteiger partial charge in [-0.05, 0) is 47.5 Å². The second-order valence-corrected chi connectivity index (χ2v) is 6.64. The van der Waals surface area contributed by atoms with Gasteiger partial charge in [-0.25, -0.2) is 9.97 Å². The molecule has 2 aromatic heterocycles. The van der Waals surface area contributed by atoms with E-state index in [1.807, 2.05) is 38.1 Å². The number of benzene rings is 1. The van der Waals surface area contributed by atoms with E-state index in [0.717, 1.165) is 25.9 Å². The summed E-state index contributed by atoms with van der Waals surface area (Å²) in [5.74, 6) is 0.353. The number of carbonyl (C=O) groups is 1. The van der Waals surface area contributed by atoms with Crippen LogP contribution in [0, 0.1) is 6.92 Å². The molecular formula is C16H14BrN3O2S. The molecule has 0 spiro atoms. The number of nitrogens with one attached hydrogen (secondary N) is 1. The van der Waals surface area contributed by atoms with Gasteiger partial charge in [0.2, 0.25) is 5.88 Å². The zero-order valence-corrected chi connectivity index (χ0v) is 15.0. The number of thiophene rings is 1. The predicted molar refractivity (Wildman–Crippen MR) is 95.4 cm³/mol. The van der Waals surface area contributed by atoms with E-state index in [2.05, 4.69) is 31.2 Å². The van der Waals surface area contributed by atoms with Crippen molar-refractivity contribution in [1.29, 1.82) is 0 Å². The minimum atomic E-state index is -0.167. The molecule has 0 aliphatic heterocycles. The third kappa shape index (κ3) is 3.07. The maximum atomic E-state index is 12.6. The number of hydrogen-bond acceptors (Lipinski definition) is 5. The Morgan fingerprint density at radius 3 is 2.87 bits per heavy atom. The molecule has 1 aromatic carbocycles. The molecule has 0 saturated heterocycles. The van der Waals surface area contributed by atoms with Gasteiger partial charge in [0.1, 0.15) is 11.2 Å². The Morgan fingerprint density at radius 2 is 2.13 bits per heavy atom. The molecule has 3 rings (SSSR count). The molecule has 2 heterocycles. The first-order valence-electron chi connectivity index (χ1n) is 7.04. The number of halogens is 1. The average Bonchev–Trinajstić information content (AvgIpc) is 2.88. The average molecular weight is 392 g/mol. The van der Waals surface area contributed by atoms with Gasteiger partial charge < -0.3 is 10.1 Å². The largest absolute Gasteiger partial charge is 0.477 e. The summed E-state index contributed by atoms with van der Waals surface area (Å²) in [6.45, 7) is 4.30. The minimum Gasteiger partial charge on any atom is -0.477 e. The van der Waals surface area contributed by atoms with Gasteiger partial charge in [-0.1, -0.05) is 12.1 Å². The standard InChI is InChI=1S/C16H14BrN3O2S/c1-3-22-15-12-9(2)13(23-16(12)19-8-18-15)14(21)20-11-7-5-4-6-10(11)17/h4-8H,3H2,1-2H3,(H,20,21). The molecule has 0 radical (unpaired) electrons. The summed E-state index contributed by atoms with van der Waals surface area (Å²) >= 11 is 4.77. The van der Waals surface area contributed by atoms with E-state index in [1.54, 1.807) is 0 Å². The summed E-state index contributed by atoms with van der Waals surface area (Å²) in [5.41, 5.74) is 1.56. The van der Waals surface area contributed by atoms with Crippen molar-refractivity contribution in [3.8, 4) is 5.88 Å². The first kappa shape index (κ1) is 15.9. The Kier molecular flexibility index (Phi) is 4.58. The number of fused-ring (bicyclic) bond motifs is 1. The highest BCUT2D eigenvalue weighted by atomic mass is 79.9. The maximum Gasteiger partial charge on any atom is 0.266 e. The molecule has 0 aliphatic rings. The fraction of sp³-hybridized carbons (Fsp3) is 0.188. The number of aromatic nitrogens is 2. The Morgan fingerprint density at radius 1 is 1.35 bits per heavy atom. The van der Waals surface area contributed by atoms with Crippen molar-refractivity contribution in [1.82, 2.24) is 9.97 Å². The molecule has 1 amide bonds. The second-order valence-electron chi connectivity index (χ2n) is 4.78. The second kappa shape index (κ2) is 6.64. The maximum absolute atomic E-state index is 12.6. The van der Waals surface area contributed by atoms with Crippen LogP contribution in [0.4, 0.5) is 5.69 Å². The molecule has 0 saturated carbocycles. The molecule has 5 nitrogen and oxygen atoms in total. The number of ether oxygens (including phenoxy) is 1. The first-order valence-corrected chi connectivity index (χ1v) is 8.65. The Labute approximate surface area is 145 Å². The highest BCUT2D eigenvalue weighted by Gasteiger charge is 2.20. The van der Waals surface area contributed by atoms with E-state index < -0.39 is 0 Å². The van der Waals surface area contributed by atoms with Crippen molar-refractivity contribution in [2.24, 2.45) is 0 Å². The highest BCUT2D eigenvalue weighted by Crippen LogP contribution is 2.35. The summed E-state index contributed by atoms with van der Waals surface area (Å²) < 4.78 is 6.38. The Bertz CT molecular complexity index is 879. The zero-order valence-electron chi connectivity index (χ0n) is 12.6. The van der Waals surface area contributed by atoms with E-state index in [4.69, 9.17) is 4.74 Å². The van der Waals surface area contributed by atoms with Crippen molar-refractivity contribution in [2.75, 3.05) is 11.9 Å². The summed E-state index contributed by atoms with van der Waals surface area (Å²) in [6, 6.07) is 7.49. The molecule has 7 heteroatoms. The molecule has 23 heavy (non-hydrogen) atoms.